The number of hydrogen-bond acceptors (Lipinski definition) is 3. The summed E-state index contributed by atoms with van der Waals surface area (Å²) in [5.41, 5.74) is 2.04. The molecule has 1 N–H and O–H groups in total. The van der Waals surface area contributed by atoms with Crippen LogP contribution in [-0.2, 0) is 0 Å². The number of furan rings is 1. The largest absolute Gasteiger partial charge is 0.446 e. The first-order valence-corrected chi connectivity index (χ1v) is 5.72. The van der Waals surface area contributed by atoms with Gasteiger partial charge in [0.1, 0.15) is 11.6 Å². The van der Waals surface area contributed by atoms with Crippen LogP contribution in [0.5, 0.6) is 0 Å². The maximum atomic E-state index is 8.98. The third-order valence-electron chi connectivity index (χ3n) is 2.44. The average molecular weight is 288 g/mol. The third-order valence-corrected chi connectivity index (χ3v) is 2.87. The summed E-state index contributed by atoms with van der Waals surface area (Å²) in [7, 11) is 0. The van der Waals surface area contributed by atoms with E-state index in [9.17, 15) is 0 Å². The molecule has 0 spiro atoms. The standard InChI is InChI=1S/C12H6BrN3O/c13-10-5-4-9(17-10)12-15-8-3-1-2-7(6-14)11(8)16-12/h1-5H,(H,15,16). The molecule has 0 aliphatic heterocycles. The van der Waals surface area contributed by atoms with Crippen LogP contribution in [0.25, 0.3) is 22.6 Å². The molecule has 0 radical (unpaired) electrons. The van der Waals surface area contributed by atoms with E-state index in [1.807, 2.05) is 18.2 Å². The van der Waals surface area contributed by atoms with Crippen molar-refractivity contribution in [2.24, 2.45) is 0 Å². The number of aromatic nitrogens is 2. The summed E-state index contributed by atoms with van der Waals surface area (Å²) in [6, 6.07) is 11.2. The van der Waals surface area contributed by atoms with Gasteiger partial charge in [-0.05, 0) is 40.2 Å². The topological polar surface area (TPSA) is 65.6 Å². The number of fused-ring (bicyclic) bond motifs is 1. The SMILES string of the molecule is N#Cc1cccc2[nH]c(-c3ccc(Br)o3)nc12. The summed E-state index contributed by atoms with van der Waals surface area (Å²) < 4.78 is 6.06. The molecule has 3 aromatic rings. The Morgan fingerprint density at radius 1 is 1.29 bits per heavy atom. The van der Waals surface area contributed by atoms with Crippen LogP contribution < -0.4 is 0 Å². The highest BCUT2D eigenvalue weighted by atomic mass is 79.9. The summed E-state index contributed by atoms with van der Waals surface area (Å²) in [5.74, 6) is 1.25. The second kappa shape index (κ2) is 3.75. The number of nitrogens with one attached hydrogen (secondary N) is 1. The average Bonchev–Trinajstić information content (AvgIpc) is 2.93. The Balaban J connectivity index is 2.24. The van der Waals surface area contributed by atoms with Crippen LogP contribution in [-0.4, -0.2) is 9.97 Å². The van der Waals surface area contributed by atoms with Gasteiger partial charge >= 0.3 is 0 Å². The van der Waals surface area contributed by atoms with Crippen molar-refractivity contribution >= 4 is 27.0 Å². The van der Waals surface area contributed by atoms with Crippen LogP contribution in [0.15, 0.2) is 39.4 Å². The number of aromatic amines is 1. The Hall–Kier alpha value is -2.06. The molecule has 2 heterocycles. The number of H-pyrrole nitrogens is 1. The van der Waals surface area contributed by atoms with E-state index < -0.39 is 0 Å². The number of rotatable bonds is 1. The normalized spacial score (nSPS) is 10.6. The summed E-state index contributed by atoms with van der Waals surface area (Å²) >= 11 is 3.24. The van der Waals surface area contributed by atoms with E-state index in [2.05, 4.69) is 32.0 Å². The molecule has 5 heteroatoms. The Bertz CT molecular complexity index is 736. The molecule has 0 unspecified atom stereocenters. The van der Waals surface area contributed by atoms with Crippen LogP contribution >= 0.6 is 15.9 Å². The molecule has 17 heavy (non-hydrogen) atoms. The van der Waals surface area contributed by atoms with Gasteiger partial charge in [-0.2, -0.15) is 5.26 Å². The zero-order valence-electron chi connectivity index (χ0n) is 8.57. The zero-order valence-corrected chi connectivity index (χ0v) is 10.2. The van der Waals surface area contributed by atoms with E-state index in [1.165, 1.54) is 0 Å². The van der Waals surface area contributed by atoms with Crippen molar-refractivity contribution in [2.75, 3.05) is 0 Å². The fourth-order valence-electron chi connectivity index (χ4n) is 1.68. The van der Waals surface area contributed by atoms with Gasteiger partial charge in [-0.3, -0.25) is 0 Å². The fourth-order valence-corrected chi connectivity index (χ4v) is 1.99. The molecule has 0 aliphatic carbocycles. The van der Waals surface area contributed by atoms with Gasteiger partial charge < -0.3 is 9.40 Å². The minimum absolute atomic E-state index is 0.552. The fraction of sp³-hybridized carbons (Fsp3) is 0. The zero-order chi connectivity index (χ0) is 11.8. The van der Waals surface area contributed by atoms with Gasteiger partial charge in [0, 0.05) is 0 Å². The lowest BCUT2D eigenvalue weighted by molar-refractivity contribution is 0.552. The number of para-hydroxylation sites is 1. The quantitative estimate of drug-likeness (QED) is 0.745. The first-order chi connectivity index (χ1) is 8.28. The van der Waals surface area contributed by atoms with Crippen LogP contribution in [0.1, 0.15) is 5.56 Å². The first kappa shape index (κ1) is 10.1. The van der Waals surface area contributed by atoms with Gasteiger partial charge in [0.05, 0.1) is 11.1 Å². The summed E-state index contributed by atoms with van der Waals surface area (Å²) in [4.78, 5) is 7.50. The van der Waals surface area contributed by atoms with E-state index in [-0.39, 0.29) is 0 Å². The van der Waals surface area contributed by atoms with Gasteiger partial charge in [0.15, 0.2) is 16.3 Å². The van der Waals surface area contributed by atoms with E-state index in [4.69, 9.17) is 9.68 Å². The van der Waals surface area contributed by atoms with Gasteiger partial charge in [0.25, 0.3) is 0 Å². The highest BCUT2D eigenvalue weighted by Gasteiger charge is 2.11. The molecule has 4 nitrogen and oxygen atoms in total. The second-order valence-corrected chi connectivity index (χ2v) is 4.28. The van der Waals surface area contributed by atoms with Crippen LogP contribution in [0, 0.1) is 11.3 Å². The van der Waals surface area contributed by atoms with Gasteiger partial charge in [-0.15, -0.1) is 0 Å². The van der Waals surface area contributed by atoms with Crippen molar-refractivity contribution in [1.82, 2.24) is 9.97 Å². The molecule has 1 aromatic carbocycles. The maximum absolute atomic E-state index is 8.98. The molecule has 0 saturated carbocycles. The monoisotopic (exact) mass is 287 g/mol. The third kappa shape index (κ3) is 1.63. The molecular formula is C12H6BrN3O. The van der Waals surface area contributed by atoms with Crippen molar-refractivity contribution in [3.63, 3.8) is 0 Å². The molecule has 0 amide bonds. The Labute approximate surface area is 105 Å². The molecule has 82 valence electrons. The molecule has 3 rings (SSSR count). The van der Waals surface area contributed by atoms with Crippen LogP contribution in [0.4, 0.5) is 0 Å². The van der Waals surface area contributed by atoms with Crippen molar-refractivity contribution < 1.29 is 4.42 Å². The molecule has 0 bridgehead atoms. The Morgan fingerprint density at radius 3 is 2.88 bits per heavy atom. The van der Waals surface area contributed by atoms with Gasteiger partial charge in [0.2, 0.25) is 0 Å². The Morgan fingerprint density at radius 2 is 2.18 bits per heavy atom. The van der Waals surface area contributed by atoms with E-state index >= 15 is 0 Å². The highest BCUT2D eigenvalue weighted by Crippen LogP contribution is 2.25. The van der Waals surface area contributed by atoms with E-state index in [0.717, 1.165) is 5.52 Å². The lowest BCUT2D eigenvalue weighted by Crippen LogP contribution is -1.77. The van der Waals surface area contributed by atoms with Gasteiger partial charge in [-0.1, -0.05) is 6.07 Å². The molecule has 0 atom stereocenters. The van der Waals surface area contributed by atoms with Gasteiger partial charge in [-0.25, -0.2) is 4.98 Å². The number of hydrogen-bond donors (Lipinski definition) is 1. The number of imidazole rings is 1. The first-order valence-electron chi connectivity index (χ1n) is 4.92. The molecule has 0 aliphatic rings. The highest BCUT2D eigenvalue weighted by molar-refractivity contribution is 9.10. The molecule has 0 fully saturated rings. The lowest BCUT2D eigenvalue weighted by atomic mass is 10.2. The summed E-state index contributed by atoms with van der Waals surface area (Å²) in [5, 5.41) is 8.98. The number of nitriles is 1. The lowest BCUT2D eigenvalue weighted by Gasteiger charge is -1.87. The molecule has 0 saturated heterocycles. The van der Waals surface area contributed by atoms with Crippen molar-refractivity contribution in [3.05, 3.63) is 40.6 Å². The molecule has 2 aromatic heterocycles. The summed E-state index contributed by atoms with van der Waals surface area (Å²) in [6.07, 6.45) is 0. The van der Waals surface area contributed by atoms with Crippen molar-refractivity contribution in [3.8, 4) is 17.7 Å². The van der Waals surface area contributed by atoms with E-state index in [0.29, 0.717) is 27.3 Å². The number of benzene rings is 1. The predicted molar refractivity (Wildman–Crippen MR) is 66.2 cm³/mol. The van der Waals surface area contributed by atoms with Crippen LogP contribution in [0.3, 0.4) is 0 Å². The second-order valence-electron chi connectivity index (χ2n) is 3.50. The maximum Gasteiger partial charge on any atom is 0.174 e. The van der Waals surface area contributed by atoms with Crippen LogP contribution in [0.2, 0.25) is 0 Å². The number of nitrogens with zero attached hydrogens (tertiary/aromatic N) is 2. The predicted octanol–water partition coefficient (Wildman–Crippen LogP) is 3.46. The molecular weight excluding hydrogens is 282 g/mol. The minimum atomic E-state index is 0.552. The summed E-state index contributed by atoms with van der Waals surface area (Å²) in [6.45, 7) is 0. The van der Waals surface area contributed by atoms with E-state index in [1.54, 1.807) is 12.1 Å². The smallest absolute Gasteiger partial charge is 0.174 e. The van der Waals surface area contributed by atoms with Crippen molar-refractivity contribution in [1.29, 1.82) is 5.26 Å². The minimum Gasteiger partial charge on any atom is -0.446 e. The van der Waals surface area contributed by atoms with Crippen molar-refractivity contribution in [2.45, 2.75) is 0 Å². The Kier molecular flexibility index (Phi) is 2.23. The number of halogens is 1.